The molecule has 0 amide bonds. The molecule has 0 saturated carbocycles. The van der Waals surface area contributed by atoms with Gasteiger partial charge < -0.3 is 4.90 Å². The van der Waals surface area contributed by atoms with Crippen LogP contribution in [0.1, 0.15) is 0 Å². The molecule has 0 heterocycles. The first-order valence-electron chi connectivity index (χ1n) is 1.34. The molecular formula is C3H9FeN. The third-order valence-corrected chi connectivity index (χ3v) is 0. The fourth-order valence-electron chi connectivity index (χ4n) is 0. The minimum absolute atomic E-state index is 0. The van der Waals surface area contributed by atoms with Gasteiger partial charge >= 0.3 is 0 Å². The fraction of sp³-hybridized carbons (Fsp3) is 1.00. The van der Waals surface area contributed by atoms with E-state index in [4.69, 9.17) is 0 Å². The average molecular weight is 115 g/mol. The van der Waals surface area contributed by atoms with Crippen LogP contribution in [-0.2, 0) is 17.1 Å². The van der Waals surface area contributed by atoms with Crippen LogP contribution in [0.15, 0.2) is 0 Å². The van der Waals surface area contributed by atoms with E-state index in [9.17, 15) is 0 Å². The van der Waals surface area contributed by atoms with E-state index in [0.717, 1.165) is 0 Å². The zero-order valence-electron chi connectivity index (χ0n) is 3.80. The summed E-state index contributed by atoms with van der Waals surface area (Å²) in [6.45, 7) is 0. The van der Waals surface area contributed by atoms with Crippen LogP contribution in [0.25, 0.3) is 0 Å². The molecule has 0 rings (SSSR count). The molecule has 0 atom stereocenters. The molecule has 0 unspecified atom stereocenters. The molecule has 0 radical (unpaired) electrons. The average Bonchev–Trinajstić information content (AvgIpc) is 0.811. The second-order valence-electron chi connectivity index (χ2n) is 1.34. The van der Waals surface area contributed by atoms with E-state index in [2.05, 4.69) is 0 Å². The first-order valence-corrected chi connectivity index (χ1v) is 1.34. The molecule has 0 bridgehead atoms. The van der Waals surface area contributed by atoms with Gasteiger partial charge in [0.15, 0.2) is 0 Å². The summed E-state index contributed by atoms with van der Waals surface area (Å²) in [6, 6.07) is 0. The van der Waals surface area contributed by atoms with E-state index < -0.39 is 0 Å². The third-order valence-electron chi connectivity index (χ3n) is 0. The second kappa shape index (κ2) is 4.48. The minimum atomic E-state index is 0. The Morgan fingerprint density at radius 2 is 1.00 bits per heavy atom. The summed E-state index contributed by atoms with van der Waals surface area (Å²) in [7, 11) is 6.00. The summed E-state index contributed by atoms with van der Waals surface area (Å²) in [4.78, 5) is 2.00. The Morgan fingerprint density at radius 1 is 1.00 bits per heavy atom. The predicted octanol–water partition coefficient (Wildman–Crippen LogP) is 0.175. The van der Waals surface area contributed by atoms with Crippen LogP contribution in [0.2, 0.25) is 0 Å². The molecule has 5 heavy (non-hydrogen) atoms. The normalized spacial score (nSPS) is 7.20. The Labute approximate surface area is 43.8 Å². The Kier molecular flexibility index (Phi) is 8.14. The van der Waals surface area contributed by atoms with Gasteiger partial charge in [-0.25, -0.2) is 0 Å². The van der Waals surface area contributed by atoms with Gasteiger partial charge in [0.05, 0.1) is 0 Å². The smallest absolute Gasteiger partial charge is 0 e. The molecular weight excluding hydrogens is 106 g/mol. The van der Waals surface area contributed by atoms with Crippen molar-refractivity contribution in [2.24, 2.45) is 0 Å². The van der Waals surface area contributed by atoms with Crippen molar-refractivity contribution in [3.8, 4) is 0 Å². The van der Waals surface area contributed by atoms with Crippen molar-refractivity contribution in [1.82, 2.24) is 4.90 Å². The Bertz CT molecular complexity index is 11.6. The molecule has 0 aliphatic rings. The molecule has 0 aromatic carbocycles. The number of rotatable bonds is 0. The van der Waals surface area contributed by atoms with Crippen LogP contribution in [0.5, 0.6) is 0 Å². The van der Waals surface area contributed by atoms with Crippen molar-refractivity contribution in [2.45, 2.75) is 0 Å². The number of hydrogen-bond donors (Lipinski definition) is 0. The van der Waals surface area contributed by atoms with E-state index in [1.54, 1.807) is 0 Å². The standard InChI is InChI=1S/C3H9N.Fe/c1-4(2)3;/h1-3H3;. The third kappa shape index (κ3) is 120. The van der Waals surface area contributed by atoms with Crippen LogP contribution in [0.3, 0.4) is 0 Å². The van der Waals surface area contributed by atoms with Gasteiger partial charge in [0.2, 0.25) is 0 Å². The summed E-state index contributed by atoms with van der Waals surface area (Å²) in [5, 5.41) is 0. The molecule has 0 aliphatic heterocycles. The van der Waals surface area contributed by atoms with Gasteiger partial charge in [-0.2, -0.15) is 0 Å². The van der Waals surface area contributed by atoms with E-state index >= 15 is 0 Å². The topological polar surface area (TPSA) is 3.24 Å². The van der Waals surface area contributed by atoms with Crippen molar-refractivity contribution >= 4 is 0 Å². The molecule has 1 nitrogen and oxygen atoms in total. The van der Waals surface area contributed by atoms with Gasteiger partial charge in [0.1, 0.15) is 0 Å². The molecule has 0 saturated heterocycles. The fourth-order valence-corrected chi connectivity index (χ4v) is 0. The maximum atomic E-state index is 2.00. The largest absolute Gasteiger partial charge is 0.312 e. The molecule has 0 aliphatic carbocycles. The summed E-state index contributed by atoms with van der Waals surface area (Å²) in [5.41, 5.74) is 0. The maximum Gasteiger partial charge on any atom is 0 e. The minimum Gasteiger partial charge on any atom is -0.312 e. The van der Waals surface area contributed by atoms with Gasteiger partial charge in [0, 0.05) is 17.1 Å². The van der Waals surface area contributed by atoms with Gasteiger partial charge in [0.25, 0.3) is 0 Å². The molecule has 0 spiro atoms. The van der Waals surface area contributed by atoms with Crippen molar-refractivity contribution in [2.75, 3.05) is 21.1 Å². The summed E-state index contributed by atoms with van der Waals surface area (Å²) >= 11 is 0. The van der Waals surface area contributed by atoms with Gasteiger partial charge in [-0.3, -0.25) is 0 Å². The van der Waals surface area contributed by atoms with Crippen molar-refractivity contribution in [3.05, 3.63) is 0 Å². The predicted molar refractivity (Wildman–Crippen MR) is 19.6 cm³/mol. The van der Waals surface area contributed by atoms with Crippen LogP contribution in [0.4, 0.5) is 0 Å². The monoisotopic (exact) mass is 115 g/mol. The van der Waals surface area contributed by atoms with Gasteiger partial charge in [-0.05, 0) is 21.1 Å². The second-order valence-corrected chi connectivity index (χ2v) is 1.34. The van der Waals surface area contributed by atoms with Gasteiger partial charge in [-0.15, -0.1) is 0 Å². The Hall–Kier alpha value is 0.479. The number of hydrogen-bond acceptors (Lipinski definition) is 1. The van der Waals surface area contributed by atoms with Crippen LogP contribution in [0, 0.1) is 0 Å². The summed E-state index contributed by atoms with van der Waals surface area (Å²) in [6.07, 6.45) is 0. The first kappa shape index (κ1) is 9.08. The van der Waals surface area contributed by atoms with Crippen molar-refractivity contribution in [3.63, 3.8) is 0 Å². The van der Waals surface area contributed by atoms with Crippen LogP contribution in [-0.4, -0.2) is 26.0 Å². The van der Waals surface area contributed by atoms with Crippen molar-refractivity contribution in [1.29, 1.82) is 0 Å². The van der Waals surface area contributed by atoms with Crippen molar-refractivity contribution < 1.29 is 17.1 Å². The summed E-state index contributed by atoms with van der Waals surface area (Å²) < 4.78 is 0. The zero-order chi connectivity index (χ0) is 3.58. The van der Waals surface area contributed by atoms with Gasteiger partial charge in [-0.1, -0.05) is 0 Å². The molecule has 0 aromatic rings. The van der Waals surface area contributed by atoms with E-state index in [1.165, 1.54) is 0 Å². The molecule has 0 fully saturated rings. The van der Waals surface area contributed by atoms with E-state index in [0.29, 0.717) is 0 Å². The Morgan fingerprint density at radius 3 is 1.00 bits per heavy atom. The Balaban J connectivity index is 0. The first-order chi connectivity index (χ1) is 1.73. The van der Waals surface area contributed by atoms with E-state index in [-0.39, 0.29) is 17.1 Å². The van der Waals surface area contributed by atoms with Crippen LogP contribution >= 0.6 is 0 Å². The molecule has 2 heteroatoms. The van der Waals surface area contributed by atoms with E-state index in [1.807, 2.05) is 26.0 Å². The molecule has 0 aromatic heterocycles. The quantitative estimate of drug-likeness (QED) is 0.407. The van der Waals surface area contributed by atoms with Crippen LogP contribution < -0.4 is 0 Å². The molecule has 34 valence electrons. The SMILES string of the molecule is CN(C)C.[Fe]. The summed E-state index contributed by atoms with van der Waals surface area (Å²) in [5.74, 6) is 0. The maximum absolute atomic E-state index is 2.00. The zero-order valence-corrected chi connectivity index (χ0v) is 4.90. The number of nitrogens with zero attached hydrogens (tertiary/aromatic N) is 1. The molecule has 0 N–H and O–H groups in total.